The molecule has 1 aromatic carbocycles. The fraction of sp³-hybridized carbons (Fsp3) is 0.211. The van der Waals surface area contributed by atoms with E-state index in [2.05, 4.69) is 66.5 Å². The molecule has 0 amide bonds. The molecule has 0 aliphatic carbocycles. The molecule has 0 aliphatic rings. The Kier molecular flexibility index (Phi) is 5.82. The number of nitrogens with zero attached hydrogens (tertiary/aromatic N) is 2. The van der Waals surface area contributed by atoms with Crippen LogP contribution in [0.15, 0.2) is 48.9 Å². The van der Waals surface area contributed by atoms with Gasteiger partial charge in [0.05, 0.1) is 7.11 Å². The fourth-order valence-corrected chi connectivity index (χ4v) is 2.63. The molecule has 3 nitrogen and oxygen atoms in total. The Bertz CT molecular complexity index is 819. The van der Waals surface area contributed by atoms with Crippen molar-refractivity contribution in [2.24, 2.45) is 7.05 Å². The SMILES string of the molecule is CCn1cc(C=Cc2cc[n+](C)cc2)c2cc(OC)ccc21.[I-]. The van der Waals surface area contributed by atoms with E-state index in [0.29, 0.717) is 0 Å². The summed E-state index contributed by atoms with van der Waals surface area (Å²) in [5.74, 6) is 0.891. The third kappa shape index (κ3) is 3.75. The number of pyridine rings is 1. The average Bonchev–Trinajstić information content (AvgIpc) is 2.91. The lowest BCUT2D eigenvalue weighted by atomic mass is 10.1. The minimum Gasteiger partial charge on any atom is -1.00 e. The van der Waals surface area contributed by atoms with E-state index >= 15 is 0 Å². The van der Waals surface area contributed by atoms with Crippen LogP contribution in [0.1, 0.15) is 18.1 Å². The fourth-order valence-electron chi connectivity index (χ4n) is 2.63. The number of fused-ring (bicyclic) bond motifs is 1. The van der Waals surface area contributed by atoms with Crippen molar-refractivity contribution in [3.63, 3.8) is 0 Å². The molecular formula is C19H21IN2O. The summed E-state index contributed by atoms with van der Waals surface area (Å²) in [6.45, 7) is 3.12. The Labute approximate surface area is 154 Å². The van der Waals surface area contributed by atoms with Gasteiger partial charge in [-0.2, -0.15) is 0 Å². The highest BCUT2D eigenvalue weighted by molar-refractivity contribution is 5.93. The van der Waals surface area contributed by atoms with Crippen LogP contribution < -0.4 is 33.3 Å². The second kappa shape index (κ2) is 7.64. The highest BCUT2D eigenvalue weighted by Crippen LogP contribution is 2.27. The molecule has 0 unspecified atom stereocenters. The van der Waals surface area contributed by atoms with Crippen LogP contribution in [0.2, 0.25) is 0 Å². The molecule has 2 aromatic heterocycles. The summed E-state index contributed by atoms with van der Waals surface area (Å²) < 4.78 is 9.66. The van der Waals surface area contributed by atoms with E-state index in [0.717, 1.165) is 12.3 Å². The van der Waals surface area contributed by atoms with Crippen LogP contribution in [-0.2, 0) is 13.6 Å². The monoisotopic (exact) mass is 420 g/mol. The van der Waals surface area contributed by atoms with Crippen LogP contribution in [-0.4, -0.2) is 11.7 Å². The van der Waals surface area contributed by atoms with Crippen molar-refractivity contribution in [3.8, 4) is 5.75 Å². The maximum absolute atomic E-state index is 5.36. The number of ether oxygens (including phenoxy) is 1. The van der Waals surface area contributed by atoms with Crippen LogP contribution in [0, 0.1) is 0 Å². The standard InChI is InChI=1S/C19H21N2O.HI/c1-4-21-14-16(6-5-15-9-11-20(2)12-10-15)18-13-17(22-3)7-8-19(18)21;/h5-14H,4H2,1-3H3;1H/q+1;/p-1. The highest BCUT2D eigenvalue weighted by Gasteiger charge is 2.07. The van der Waals surface area contributed by atoms with Gasteiger partial charge in [-0.05, 0) is 30.7 Å². The second-order valence-corrected chi connectivity index (χ2v) is 5.38. The number of aromatic nitrogens is 2. The number of methoxy groups -OCH3 is 1. The molecule has 3 aromatic rings. The molecule has 0 fully saturated rings. The number of hydrogen-bond acceptors (Lipinski definition) is 1. The van der Waals surface area contributed by atoms with Crippen molar-refractivity contribution in [2.75, 3.05) is 7.11 Å². The van der Waals surface area contributed by atoms with E-state index in [1.165, 1.54) is 22.0 Å². The van der Waals surface area contributed by atoms with E-state index in [1.807, 2.05) is 17.7 Å². The van der Waals surface area contributed by atoms with Crippen LogP contribution in [0.25, 0.3) is 23.1 Å². The van der Waals surface area contributed by atoms with E-state index in [4.69, 9.17) is 4.74 Å². The molecule has 0 spiro atoms. The van der Waals surface area contributed by atoms with Gasteiger partial charge >= 0.3 is 0 Å². The van der Waals surface area contributed by atoms with Gasteiger partial charge < -0.3 is 33.3 Å². The Hall–Kier alpha value is -1.82. The quantitative estimate of drug-likeness (QED) is 0.449. The Morgan fingerprint density at radius 2 is 1.87 bits per heavy atom. The zero-order valence-electron chi connectivity index (χ0n) is 13.7. The smallest absolute Gasteiger partial charge is 0.169 e. The summed E-state index contributed by atoms with van der Waals surface area (Å²) >= 11 is 0. The maximum Gasteiger partial charge on any atom is 0.169 e. The maximum atomic E-state index is 5.36. The van der Waals surface area contributed by atoms with Crippen molar-refractivity contribution in [1.82, 2.24) is 4.57 Å². The van der Waals surface area contributed by atoms with Crippen molar-refractivity contribution in [2.45, 2.75) is 13.5 Å². The predicted molar refractivity (Wildman–Crippen MR) is 90.7 cm³/mol. The van der Waals surface area contributed by atoms with Gasteiger partial charge in [-0.3, -0.25) is 0 Å². The van der Waals surface area contributed by atoms with Crippen molar-refractivity contribution >= 4 is 23.1 Å². The first-order chi connectivity index (χ1) is 10.7. The Morgan fingerprint density at radius 3 is 2.52 bits per heavy atom. The first-order valence-electron chi connectivity index (χ1n) is 7.51. The normalized spacial score (nSPS) is 10.9. The van der Waals surface area contributed by atoms with E-state index in [1.54, 1.807) is 7.11 Å². The molecule has 23 heavy (non-hydrogen) atoms. The molecule has 0 saturated carbocycles. The van der Waals surface area contributed by atoms with Gasteiger partial charge in [0.25, 0.3) is 0 Å². The minimum absolute atomic E-state index is 0. The van der Waals surface area contributed by atoms with Gasteiger partial charge in [0, 0.05) is 41.3 Å². The number of halogens is 1. The molecule has 120 valence electrons. The van der Waals surface area contributed by atoms with Crippen molar-refractivity contribution in [1.29, 1.82) is 0 Å². The number of benzene rings is 1. The lowest BCUT2D eigenvalue weighted by Gasteiger charge is -2.02. The zero-order valence-corrected chi connectivity index (χ0v) is 15.8. The van der Waals surface area contributed by atoms with Gasteiger partial charge in [-0.25, -0.2) is 4.57 Å². The van der Waals surface area contributed by atoms with Crippen LogP contribution in [0.3, 0.4) is 0 Å². The van der Waals surface area contributed by atoms with Crippen molar-refractivity contribution < 1.29 is 33.3 Å². The van der Waals surface area contributed by atoms with Crippen LogP contribution >= 0.6 is 0 Å². The largest absolute Gasteiger partial charge is 1.00 e. The predicted octanol–water partition coefficient (Wildman–Crippen LogP) is 0.669. The molecule has 4 heteroatoms. The van der Waals surface area contributed by atoms with E-state index in [9.17, 15) is 0 Å². The summed E-state index contributed by atoms with van der Waals surface area (Å²) in [6, 6.07) is 10.5. The minimum atomic E-state index is 0. The first-order valence-corrected chi connectivity index (χ1v) is 7.51. The summed E-state index contributed by atoms with van der Waals surface area (Å²) in [5.41, 5.74) is 3.64. The lowest BCUT2D eigenvalue weighted by Crippen LogP contribution is -3.00. The third-order valence-corrected chi connectivity index (χ3v) is 3.92. The number of hydrogen-bond donors (Lipinski definition) is 0. The van der Waals surface area contributed by atoms with Crippen LogP contribution in [0.4, 0.5) is 0 Å². The Balaban J connectivity index is 0.00000192. The zero-order chi connectivity index (χ0) is 15.5. The van der Waals surface area contributed by atoms with Gasteiger partial charge in [-0.15, -0.1) is 0 Å². The topological polar surface area (TPSA) is 18.0 Å². The molecule has 0 bridgehead atoms. The lowest BCUT2D eigenvalue weighted by molar-refractivity contribution is -0.671. The molecule has 2 heterocycles. The molecular weight excluding hydrogens is 399 g/mol. The molecule has 3 rings (SSSR count). The van der Waals surface area contributed by atoms with Gasteiger partial charge in [0.2, 0.25) is 0 Å². The van der Waals surface area contributed by atoms with Gasteiger partial charge in [-0.1, -0.05) is 12.2 Å². The third-order valence-electron chi connectivity index (χ3n) is 3.92. The number of aryl methyl sites for hydroxylation is 2. The van der Waals surface area contributed by atoms with Crippen molar-refractivity contribution in [3.05, 3.63) is 60.0 Å². The molecule has 0 saturated heterocycles. The highest BCUT2D eigenvalue weighted by atomic mass is 127. The second-order valence-electron chi connectivity index (χ2n) is 5.38. The molecule has 0 N–H and O–H groups in total. The van der Waals surface area contributed by atoms with Crippen LogP contribution in [0.5, 0.6) is 5.75 Å². The van der Waals surface area contributed by atoms with E-state index in [-0.39, 0.29) is 24.0 Å². The number of rotatable bonds is 4. The average molecular weight is 420 g/mol. The summed E-state index contributed by atoms with van der Waals surface area (Å²) in [4.78, 5) is 0. The Morgan fingerprint density at radius 1 is 1.13 bits per heavy atom. The van der Waals surface area contributed by atoms with Gasteiger partial charge in [0.15, 0.2) is 12.4 Å². The molecule has 0 atom stereocenters. The molecule has 0 radical (unpaired) electrons. The summed E-state index contributed by atoms with van der Waals surface area (Å²) in [6.07, 6.45) is 10.6. The summed E-state index contributed by atoms with van der Waals surface area (Å²) in [7, 11) is 3.73. The first kappa shape index (κ1) is 17.5. The van der Waals surface area contributed by atoms with E-state index < -0.39 is 0 Å². The van der Waals surface area contributed by atoms with Gasteiger partial charge in [0.1, 0.15) is 12.8 Å². The summed E-state index contributed by atoms with van der Waals surface area (Å²) in [5, 5.41) is 1.22. The molecule has 0 aliphatic heterocycles.